The third-order valence-corrected chi connectivity index (χ3v) is 2.12. The van der Waals surface area contributed by atoms with Gasteiger partial charge in [-0.25, -0.2) is 0 Å². The summed E-state index contributed by atoms with van der Waals surface area (Å²) < 4.78 is 5.47. The van der Waals surface area contributed by atoms with Crippen LogP contribution in [0.15, 0.2) is 24.3 Å². The summed E-state index contributed by atoms with van der Waals surface area (Å²) >= 11 is 0. The van der Waals surface area contributed by atoms with Crippen LogP contribution in [0.4, 0.5) is 0 Å². The van der Waals surface area contributed by atoms with Crippen LogP contribution in [0.25, 0.3) is 0 Å². The summed E-state index contributed by atoms with van der Waals surface area (Å²) in [5.41, 5.74) is 0.680. The molecule has 88 valence electrons. The molecule has 0 aliphatic heterocycles. The van der Waals surface area contributed by atoms with Crippen molar-refractivity contribution in [3.05, 3.63) is 29.8 Å². The summed E-state index contributed by atoms with van der Waals surface area (Å²) in [4.78, 5) is 10.6. The van der Waals surface area contributed by atoms with Gasteiger partial charge in [-0.1, -0.05) is 18.2 Å². The zero-order chi connectivity index (χ0) is 11.8. The van der Waals surface area contributed by atoms with Crippen LogP contribution in [0.3, 0.4) is 0 Å². The first kappa shape index (κ1) is 12.5. The second kappa shape index (κ2) is 6.85. The molecule has 0 atom stereocenters. The van der Waals surface area contributed by atoms with Crippen molar-refractivity contribution in [1.29, 1.82) is 0 Å². The van der Waals surface area contributed by atoms with Gasteiger partial charge < -0.3 is 14.9 Å². The topological polar surface area (TPSA) is 66.8 Å². The Morgan fingerprint density at radius 3 is 2.69 bits per heavy atom. The molecule has 0 saturated heterocycles. The average Bonchev–Trinajstić information content (AvgIpc) is 2.26. The zero-order valence-corrected chi connectivity index (χ0v) is 9.06. The third kappa shape index (κ3) is 4.31. The van der Waals surface area contributed by atoms with Gasteiger partial charge in [0.05, 0.1) is 13.0 Å². The predicted octanol–water partition coefficient (Wildman–Crippen LogP) is 1.47. The van der Waals surface area contributed by atoms with E-state index in [1.165, 1.54) is 0 Å². The smallest absolute Gasteiger partial charge is 0.307 e. The maximum absolute atomic E-state index is 10.6. The van der Waals surface area contributed by atoms with E-state index in [1.54, 1.807) is 18.2 Å². The van der Waals surface area contributed by atoms with Crippen LogP contribution in [0.5, 0.6) is 5.75 Å². The molecule has 1 rings (SSSR count). The van der Waals surface area contributed by atoms with Crippen LogP contribution in [-0.4, -0.2) is 29.4 Å². The lowest BCUT2D eigenvalue weighted by Crippen LogP contribution is -2.05. The van der Waals surface area contributed by atoms with Crippen molar-refractivity contribution in [2.24, 2.45) is 0 Å². The first-order valence-corrected chi connectivity index (χ1v) is 5.27. The molecule has 0 aromatic heterocycles. The Morgan fingerprint density at radius 2 is 2.00 bits per heavy atom. The molecule has 0 heterocycles. The highest BCUT2D eigenvalue weighted by molar-refractivity contribution is 5.71. The van der Waals surface area contributed by atoms with E-state index < -0.39 is 5.97 Å². The Kier molecular flexibility index (Phi) is 5.36. The number of aliphatic hydroxyl groups excluding tert-OH is 1. The average molecular weight is 224 g/mol. The molecule has 0 bridgehead atoms. The molecule has 16 heavy (non-hydrogen) atoms. The largest absolute Gasteiger partial charge is 0.493 e. The van der Waals surface area contributed by atoms with Gasteiger partial charge in [0.2, 0.25) is 0 Å². The van der Waals surface area contributed by atoms with Crippen LogP contribution in [0, 0.1) is 0 Å². The lowest BCUT2D eigenvalue weighted by molar-refractivity contribution is -0.136. The molecule has 0 radical (unpaired) electrons. The molecule has 0 spiro atoms. The van der Waals surface area contributed by atoms with Crippen molar-refractivity contribution in [1.82, 2.24) is 0 Å². The third-order valence-electron chi connectivity index (χ3n) is 2.12. The van der Waals surface area contributed by atoms with Crippen molar-refractivity contribution in [3.63, 3.8) is 0 Å². The number of rotatable bonds is 7. The number of hydrogen-bond donors (Lipinski definition) is 2. The molecule has 0 saturated carbocycles. The van der Waals surface area contributed by atoms with Gasteiger partial charge in [0.25, 0.3) is 0 Å². The molecule has 0 unspecified atom stereocenters. The molecule has 0 fully saturated rings. The van der Waals surface area contributed by atoms with Gasteiger partial charge in [0, 0.05) is 12.2 Å². The van der Waals surface area contributed by atoms with Crippen LogP contribution >= 0.6 is 0 Å². The highest BCUT2D eigenvalue weighted by atomic mass is 16.5. The van der Waals surface area contributed by atoms with E-state index in [1.807, 2.05) is 6.07 Å². The number of carboxylic acids is 1. The molecule has 4 nitrogen and oxygen atoms in total. The van der Waals surface area contributed by atoms with Gasteiger partial charge in [-0.2, -0.15) is 0 Å². The van der Waals surface area contributed by atoms with Gasteiger partial charge in [0.1, 0.15) is 5.75 Å². The molecule has 1 aromatic carbocycles. The fraction of sp³-hybridized carbons (Fsp3) is 0.417. The van der Waals surface area contributed by atoms with Crippen LogP contribution in [0.1, 0.15) is 18.4 Å². The summed E-state index contributed by atoms with van der Waals surface area (Å²) in [6.07, 6.45) is 1.43. The number of carbonyl (C=O) groups is 1. The number of ether oxygens (including phenoxy) is 1. The van der Waals surface area contributed by atoms with Gasteiger partial charge in [0.15, 0.2) is 0 Å². The Labute approximate surface area is 94.5 Å². The van der Waals surface area contributed by atoms with E-state index in [2.05, 4.69) is 0 Å². The van der Waals surface area contributed by atoms with Crippen molar-refractivity contribution in [2.75, 3.05) is 13.2 Å². The van der Waals surface area contributed by atoms with Gasteiger partial charge in [-0.15, -0.1) is 0 Å². The normalized spacial score (nSPS) is 10.1. The van der Waals surface area contributed by atoms with Crippen molar-refractivity contribution >= 4 is 5.97 Å². The highest BCUT2D eigenvalue weighted by Crippen LogP contribution is 2.18. The first-order chi connectivity index (χ1) is 7.74. The van der Waals surface area contributed by atoms with Crippen LogP contribution in [0.2, 0.25) is 0 Å². The number of benzene rings is 1. The number of aliphatic hydroxyl groups is 1. The quantitative estimate of drug-likeness (QED) is 0.688. The van der Waals surface area contributed by atoms with E-state index in [-0.39, 0.29) is 13.0 Å². The predicted molar refractivity (Wildman–Crippen MR) is 59.6 cm³/mol. The molecular weight excluding hydrogens is 208 g/mol. The monoisotopic (exact) mass is 224 g/mol. The minimum atomic E-state index is -0.869. The zero-order valence-electron chi connectivity index (χ0n) is 9.06. The fourth-order valence-corrected chi connectivity index (χ4v) is 1.35. The fourth-order valence-electron chi connectivity index (χ4n) is 1.35. The maximum Gasteiger partial charge on any atom is 0.307 e. The molecule has 1 aromatic rings. The van der Waals surface area contributed by atoms with E-state index in [0.717, 1.165) is 6.42 Å². The molecular formula is C12H16O4. The second-order valence-electron chi connectivity index (χ2n) is 3.46. The number of aliphatic carboxylic acids is 1. The summed E-state index contributed by atoms with van der Waals surface area (Å²) in [5.74, 6) is -0.255. The Hall–Kier alpha value is -1.55. The first-order valence-electron chi connectivity index (χ1n) is 5.27. The highest BCUT2D eigenvalue weighted by Gasteiger charge is 2.06. The summed E-state index contributed by atoms with van der Waals surface area (Å²) in [6, 6.07) is 7.11. The maximum atomic E-state index is 10.6. The van der Waals surface area contributed by atoms with Crippen LogP contribution < -0.4 is 4.74 Å². The minimum Gasteiger partial charge on any atom is -0.493 e. The summed E-state index contributed by atoms with van der Waals surface area (Å²) in [5, 5.41) is 17.3. The lowest BCUT2D eigenvalue weighted by atomic mass is 10.1. The van der Waals surface area contributed by atoms with E-state index in [0.29, 0.717) is 24.3 Å². The Morgan fingerprint density at radius 1 is 1.25 bits per heavy atom. The molecule has 0 aliphatic rings. The molecule has 0 amide bonds. The minimum absolute atomic E-state index is 0.0316. The van der Waals surface area contributed by atoms with Crippen molar-refractivity contribution in [2.45, 2.75) is 19.3 Å². The van der Waals surface area contributed by atoms with Crippen molar-refractivity contribution in [3.8, 4) is 5.75 Å². The number of para-hydroxylation sites is 1. The molecule has 0 aliphatic carbocycles. The van der Waals surface area contributed by atoms with Gasteiger partial charge in [-0.05, 0) is 18.9 Å². The van der Waals surface area contributed by atoms with Crippen LogP contribution in [-0.2, 0) is 11.2 Å². The standard InChI is InChI=1S/C12H16O4/c13-7-3-4-8-16-11-6-2-1-5-10(11)9-12(14)15/h1-2,5-6,13H,3-4,7-9H2,(H,14,15). The number of unbranched alkanes of at least 4 members (excludes halogenated alkanes) is 1. The second-order valence-corrected chi connectivity index (χ2v) is 3.46. The van der Waals surface area contributed by atoms with E-state index in [9.17, 15) is 4.79 Å². The Balaban J connectivity index is 2.53. The van der Waals surface area contributed by atoms with E-state index >= 15 is 0 Å². The Bertz CT molecular complexity index is 336. The summed E-state index contributed by atoms with van der Waals surface area (Å²) in [6.45, 7) is 0.650. The lowest BCUT2D eigenvalue weighted by Gasteiger charge is -2.09. The van der Waals surface area contributed by atoms with Crippen molar-refractivity contribution < 1.29 is 19.7 Å². The molecule has 2 N–H and O–H groups in total. The SMILES string of the molecule is O=C(O)Cc1ccccc1OCCCCO. The number of carboxylic acid groups (broad SMARTS) is 1. The van der Waals surface area contributed by atoms with Gasteiger partial charge in [-0.3, -0.25) is 4.79 Å². The molecule has 4 heteroatoms. The summed E-state index contributed by atoms with van der Waals surface area (Å²) in [7, 11) is 0. The van der Waals surface area contributed by atoms with E-state index in [4.69, 9.17) is 14.9 Å². The number of hydrogen-bond acceptors (Lipinski definition) is 3. The van der Waals surface area contributed by atoms with Gasteiger partial charge >= 0.3 is 5.97 Å².